The number of nitrogens with zero attached hydrogens (tertiary/aromatic N) is 3. The molecule has 0 radical (unpaired) electrons. The van der Waals surface area contributed by atoms with Crippen molar-refractivity contribution in [1.29, 1.82) is 0 Å². The fraction of sp³-hybridized carbons (Fsp3) is 0.316. The van der Waals surface area contributed by atoms with Gasteiger partial charge in [-0.05, 0) is 34.9 Å². The van der Waals surface area contributed by atoms with Gasteiger partial charge in [0.05, 0.1) is 25.7 Å². The van der Waals surface area contributed by atoms with Crippen LogP contribution >= 0.6 is 0 Å². The number of carboxylic acids is 1. The zero-order chi connectivity index (χ0) is 21.3. The number of halogens is 3. The lowest BCUT2D eigenvalue weighted by Crippen LogP contribution is -2.13. The van der Waals surface area contributed by atoms with Crippen molar-refractivity contribution in [3.63, 3.8) is 0 Å². The molecule has 1 unspecified atom stereocenters. The third-order valence-corrected chi connectivity index (χ3v) is 4.70. The summed E-state index contributed by atoms with van der Waals surface area (Å²) >= 11 is 0. The minimum absolute atomic E-state index is 0.321. The van der Waals surface area contributed by atoms with Crippen LogP contribution in [0.3, 0.4) is 0 Å². The molecule has 0 amide bonds. The lowest BCUT2D eigenvalue weighted by atomic mass is 9.86. The number of alkyl halides is 3. The van der Waals surface area contributed by atoms with Gasteiger partial charge >= 0.3 is 12.1 Å². The Morgan fingerprint density at radius 1 is 1.24 bits per heavy atom. The van der Waals surface area contributed by atoms with Crippen LogP contribution in [0, 0.1) is 0 Å². The summed E-state index contributed by atoms with van der Waals surface area (Å²) in [6.07, 6.45) is -4.99. The summed E-state index contributed by atoms with van der Waals surface area (Å²) in [5, 5.41) is 26.7. The molecule has 154 valence electrons. The predicted molar refractivity (Wildman–Crippen MR) is 96.5 cm³/mol. The number of hydrogen-bond acceptors (Lipinski definition) is 5. The fourth-order valence-corrected chi connectivity index (χ4v) is 3.37. The highest BCUT2D eigenvalue weighted by molar-refractivity contribution is 5.83. The number of carbonyl (C=O) groups is 1. The van der Waals surface area contributed by atoms with Crippen molar-refractivity contribution < 1.29 is 32.9 Å². The van der Waals surface area contributed by atoms with Gasteiger partial charge in [0.1, 0.15) is 16.8 Å². The highest BCUT2D eigenvalue weighted by atomic mass is 19.4. The van der Waals surface area contributed by atoms with Gasteiger partial charge < -0.3 is 14.9 Å². The van der Waals surface area contributed by atoms with Gasteiger partial charge in [-0.1, -0.05) is 17.3 Å². The maximum atomic E-state index is 13.1. The summed E-state index contributed by atoms with van der Waals surface area (Å²) < 4.78 is 46.3. The first-order chi connectivity index (χ1) is 13.7. The molecule has 2 N–H and O–H groups in total. The third-order valence-electron chi connectivity index (χ3n) is 4.70. The molecule has 3 aromatic rings. The minimum atomic E-state index is -4.62. The molecule has 29 heavy (non-hydrogen) atoms. The number of aliphatic hydroxyl groups excluding tert-OH is 1. The van der Waals surface area contributed by atoms with Crippen LogP contribution in [0.15, 0.2) is 30.3 Å². The van der Waals surface area contributed by atoms with E-state index >= 15 is 0 Å². The van der Waals surface area contributed by atoms with Gasteiger partial charge in [0, 0.05) is 13.0 Å². The van der Waals surface area contributed by atoms with E-state index in [-0.39, 0.29) is 12.0 Å². The average molecular weight is 409 g/mol. The maximum absolute atomic E-state index is 13.1. The second kappa shape index (κ2) is 7.70. The van der Waals surface area contributed by atoms with Crippen LogP contribution in [0.25, 0.3) is 11.0 Å². The molecule has 2 aromatic carbocycles. The van der Waals surface area contributed by atoms with Gasteiger partial charge in [0.15, 0.2) is 0 Å². The van der Waals surface area contributed by atoms with Crippen LogP contribution < -0.4 is 4.74 Å². The molecule has 1 heterocycles. The lowest BCUT2D eigenvalue weighted by molar-refractivity contribution is -0.139. The second-order valence-corrected chi connectivity index (χ2v) is 6.53. The molecule has 3 rings (SSSR count). The maximum Gasteiger partial charge on any atom is 0.416 e. The van der Waals surface area contributed by atoms with E-state index in [4.69, 9.17) is 4.74 Å². The number of aliphatic hydroxyl groups is 1. The first-order valence-corrected chi connectivity index (χ1v) is 8.55. The number of carboxylic acid groups (broad SMARTS) is 1. The average Bonchev–Trinajstić information content (AvgIpc) is 3.05. The van der Waals surface area contributed by atoms with E-state index in [1.54, 1.807) is 19.2 Å². The number of aromatic nitrogens is 3. The summed E-state index contributed by atoms with van der Waals surface area (Å²) in [5.74, 6) is -1.49. The first kappa shape index (κ1) is 20.6. The van der Waals surface area contributed by atoms with Gasteiger partial charge in [-0.2, -0.15) is 13.2 Å². The second-order valence-electron chi connectivity index (χ2n) is 6.53. The Labute approximate surface area is 163 Å². The normalized spacial score (nSPS) is 12.9. The molecule has 0 saturated carbocycles. The molecule has 1 atom stereocenters. The van der Waals surface area contributed by atoms with E-state index in [9.17, 15) is 28.2 Å². The van der Waals surface area contributed by atoms with Gasteiger partial charge in [0.2, 0.25) is 0 Å². The number of benzene rings is 2. The standard InChI is InChI=1S/C19H18F3N3O4/c1-25-18-15(23-24-25)6-11(7-16(18)29-2)13(8-17(27)28)10-3-4-14(19(20,21)22)12(5-10)9-26/h3-7,13,26H,8-9H2,1-2H3,(H,27,28). The number of methoxy groups -OCH3 is 1. The topological polar surface area (TPSA) is 97.5 Å². The van der Waals surface area contributed by atoms with Crippen LogP contribution in [-0.2, 0) is 24.6 Å². The monoisotopic (exact) mass is 409 g/mol. The lowest BCUT2D eigenvalue weighted by Gasteiger charge is -2.20. The molecule has 0 aliphatic carbocycles. The van der Waals surface area contributed by atoms with E-state index in [0.29, 0.717) is 27.9 Å². The zero-order valence-electron chi connectivity index (χ0n) is 15.6. The van der Waals surface area contributed by atoms with Crippen LogP contribution in [0.2, 0.25) is 0 Å². The SMILES string of the molecule is COc1cc(C(CC(=O)O)c2ccc(C(F)(F)F)c(CO)c2)cc2nnn(C)c12. The van der Waals surface area contributed by atoms with Crippen molar-refractivity contribution in [3.8, 4) is 5.75 Å². The van der Waals surface area contributed by atoms with Gasteiger partial charge in [-0.15, -0.1) is 5.10 Å². The zero-order valence-corrected chi connectivity index (χ0v) is 15.6. The Hall–Kier alpha value is -3.14. The highest BCUT2D eigenvalue weighted by Gasteiger charge is 2.34. The summed E-state index contributed by atoms with van der Waals surface area (Å²) in [5.41, 5.74) is 0.619. The summed E-state index contributed by atoms with van der Waals surface area (Å²) in [7, 11) is 3.12. The van der Waals surface area contributed by atoms with E-state index < -0.39 is 30.2 Å². The number of rotatable bonds is 6. The van der Waals surface area contributed by atoms with Crippen molar-refractivity contribution in [2.45, 2.75) is 25.1 Å². The van der Waals surface area contributed by atoms with Crippen LogP contribution in [-0.4, -0.2) is 38.3 Å². The Morgan fingerprint density at radius 3 is 2.55 bits per heavy atom. The van der Waals surface area contributed by atoms with Gasteiger partial charge in [-0.25, -0.2) is 4.68 Å². The summed E-state index contributed by atoms with van der Waals surface area (Å²) in [4.78, 5) is 11.5. The molecular formula is C19H18F3N3O4. The summed E-state index contributed by atoms with van der Waals surface area (Å²) in [6, 6.07) is 6.52. The van der Waals surface area contributed by atoms with E-state index in [1.807, 2.05) is 0 Å². The fourth-order valence-electron chi connectivity index (χ4n) is 3.37. The predicted octanol–water partition coefficient (Wildman–Crippen LogP) is 3.09. The quantitative estimate of drug-likeness (QED) is 0.649. The number of fused-ring (bicyclic) bond motifs is 1. The Kier molecular flexibility index (Phi) is 5.47. The number of aryl methyl sites for hydroxylation is 1. The molecule has 0 fully saturated rings. The van der Waals surface area contributed by atoms with Crippen molar-refractivity contribution in [3.05, 3.63) is 52.6 Å². The van der Waals surface area contributed by atoms with Crippen molar-refractivity contribution in [2.24, 2.45) is 7.05 Å². The van der Waals surface area contributed by atoms with Crippen LogP contribution in [0.1, 0.15) is 34.6 Å². The minimum Gasteiger partial charge on any atom is -0.494 e. The van der Waals surface area contributed by atoms with E-state index in [2.05, 4.69) is 10.3 Å². The molecule has 0 spiro atoms. The smallest absolute Gasteiger partial charge is 0.416 e. The van der Waals surface area contributed by atoms with Gasteiger partial charge in [-0.3, -0.25) is 4.79 Å². The molecule has 1 aromatic heterocycles. The van der Waals surface area contributed by atoms with Crippen LogP contribution in [0.4, 0.5) is 13.2 Å². The molecule has 0 aliphatic heterocycles. The van der Waals surface area contributed by atoms with Crippen molar-refractivity contribution in [1.82, 2.24) is 15.0 Å². The Balaban J connectivity index is 2.17. The molecule has 0 saturated heterocycles. The molecule has 10 heteroatoms. The molecule has 7 nitrogen and oxygen atoms in total. The van der Waals surface area contributed by atoms with Crippen molar-refractivity contribution in [2.75, 3.05) is 7.11 Å². The van der Waals surface area contributed by atoms with Crippen molar-refractivity contribution >= 4 is 17.0 Å². The Bertz CT molecular complexity index is 1060. The number of hydrogen-bond donors (Lipinski definition) is 2. The number of ether oxygens (including phenoxy) is 1. The van der Waals surface area contributed by atoms with Gasteiger partial charge in [0.25, 0.3) is 0 Å². The first-order valence-electron chi connectivity index (χ1n) is 8.55. The number of aliphatic carboxylic acids is 1. The Morgan fingerprint density at radius 2 is 1.97 bits per heavy atom. The van der Waals surface area contributed by atoms with E-state index in [1.165, 1.54) is 23.9 Å². The third kappa shape index (κ3) is 4.02. The largest absolute Gasteiger partial charge is 0.494 e. The van der Waals surface area contributed by atoms with E-state index in [0.717, 1.165) is 6.07 Å². The molecule has 0 bridgehead atoms. The van der Waals surface area contributed by atoms with Crippen LogP contribution in [0.5, 0.6) is 5.75 Å². The highest BCUT2D eigenvalue weighted by Crippen LogP contribution is 2.38. The summed E-state index contributed by atoms with van der Waals surface area (Å²) in [6.45, 7) is -0.824. The molecular weight excluding hydrogens is 391 g/mol. The molecule has 0 aliphatic rings.